The van der Waals surface area contributed by atoms with E-state index in [1.165, 1.54) is 22.2 Å². The number of aromatic nitrogens is 1. The average Bonchev–Trinajstić information content (AvgIpc) is 2.42. The van der Waals surface area contributed by atoms with E-state index in [0.29, 0.717) is 0 Å². The van der Waals surface area contributed by atoms with Crippen molar-refractivity contribution in [2.45, 2.75) is 26.3 Å². The number of hydrogen-bond acceptors (Lipinski definition) is 1. The molecule has 2 nitrogen and oxygen atoms in total. The van der Waals surface area contributed by atoms with Crippen LogP contribution < -0.4 is 5.73 Å². The molecule has 0 saturated carbocycles. The van der Waals surface area contributed by atoms with E-state index in [2.05, 4.69) is 36.2 Å². The summed E-state index contributed by atoms with van der Waals surface area (Å²) in [6.07, 6.45) is 0.938. The van der Waals surface area contributed by atoms with Crippen molar-refractivity contribution in [2.24, 2.45) is 5.73 Å². The SMILES string of the molecule is Cc1cc2ccc(CC(C)N)cc2[nH]1. The lowest BCUT2D eigenvalue weighted by molar-refractivity contribution is 0.739. The molecule has 74 valence electrons. The molecule has 2 rings (SSSR count). The zero-order valence-corrected chi connectivity index (χ0v) is 8.67. The van der Waals surface area contributed by atoms with Gasteiger partial charge in [-0.1, -0.05) is 12.1 Å². The Labute approximate surface area is 84.1 Å². The summed E-state index contributed by atoms with van der Waals surface area (Å²) in [5.41, 5.74) is 9.48. The molecule has 14 heavy (non-hydrogen) atoms. The summed E-state index contributed by atoms with van der Waals surface area (Å²) in [6, 6.07) is 8.87. The second kappa shape index (κ2) is 3.46. The van der Waals surface area contributed by atoms with Crippen LogP contribution in [0.1, 0.15) is 18.2 Å². The van der Waals surface area contributed by atoms with E-state index >= 15 is 0 Å². The largest absolute Gasteiger partial charge is 0.359 e. The molecular formula is C12H16N2. The molecule has 0 aliphatic carbocycles. The zero-order chi connectivity index (χ0) is 10.1. The second-order valence-corrected chi connectivity index (χ2v) is 4.06. The second-order valence-electron chi connectivity index (χ2n) is 4.06. The van der Waals surface area contributed by atoms with Gasteiger partial charge in [-0.15, -0.1) is 0 Å². The minimum atomic E-state index is 0.225. The van der Waals surface area contributed by atoms with E-state index < -0.39 is 0 Å². The van der Waals surface area contributed by atoms with Gasteiger partial charge in [0.25, 0.3) is 0 Å². The normalized spacial score (nSPS) is 13.4. The van der Waals surface area contributed by atoms with E-state index in [0.717, 1.165) is 6.42 Å². The number of nitrogens with one attached hydrogen (secondary N) is 1. The van der Waals surface area contributed by atoms with Crippen molar-refractivity contribution in [3.8, 4) is 0 Å². The molecule has 1 aromatic carbocycles. The van der Waals surface area contributed by atoms with Crippen molar-refractivity contribution < 1.29 is 0 Å². The van der Waals surface area contributed by atoms with E-state index in [1.807, 2.05) is 6.92 Å². The summed E-state index contributed by atoms with van der Waals surface area (Å²) in [5, 5.41) is 1.27. The Morgan fingerprint density at radius 1 is 1.36 bits per heavy atom. The lowest BCUT2D eigenvalue weighted by atomic mass is 10.1. The maximum absolute atomic E-state index is 5.76. The maximum atomic E-state index is 5.76. The molecule has 0 saturated heterocycles. The third kappa shape index (κ3) is 1.80. The molecule has 2 heteroatoms. The van der Waals surface area contributed by atoms with E-state index in [9.17, 15) is 0 Å². The van der Waals surface area contributed by atoms with Crippen LogP contribution in [0.5, 0.6) is 0 Å². The topological polar surface area (TPSA) is 41.8 Å². The highest BCUT2D eigenvalue weighted by atomic mass is 14.7. The van der Waals surface area contributed by atoms with Crippen LogP contribution in [-0.4, -0.2) is 11.0 Å². The van der Waals surface area contributed by atoms with Crippen LogP contribution in [0.2, 0.25) is 0 Å². The highest BCUT2D eigenvalue weighted by Crippen LogP contribution is 2.17. The minimum Gasteiger partial charge on any atom is -0.359 e. The minimum absolute atomic E-state index is 0.225. The average molecular weight is 188 g/mol. The first-order chi connectivity index (χ1) is 6.65. The molecule has 0 aliphatic heterocycles. The summed E-state index contributed by atoms with van der Waals surface area (Å²) >= 11 is 0. The van der Waals surface area contributed by atoms with Gasteiger partial charge in [-0.3, -0.25) is 0 Å². The molecule has 0 spiro atoms. The fourth-order valence-corrected chi connectivity index (χ4v) is 1.82. The monoisotopic (exact) mass is 188 g/mol. The Bertz CT molecular complexity index is 441. The van der Waals surface area contributed by atoms with Crippen LogP contribution in [0.3, 0.4) is 0 Å². The van der Waals surface area contributed by atoms with Gasteiger partial charge in [0.15, 0.2) is 0 Å². The molecule has 1 heterocycles. The number of H-pyrrole nitrogens is 1. The van der Waals surface area contributed by atoms with Gasteiger partial charge in [0.05, 0.1) is 0 Å². The number of aryl methyl sites for hydroxylation is 1. The van der Waals surface area contributed by atoms with E-state index in [1.54, 1.807) is 0 Å². The first-order valence-corrected chi connectivity index (χ1v) is 4.99. The molecule has 3 N–H and O–H groups in total. The first kappa shape index (κ1) is 9.28. The highest BCUT2D eigenvalue weighted by Gasteiger charge is 2.01. The van der Waals surface area contributed by atoms with Crippen LogP contribution in [0, 0.1) is 6.92 Å². The third-order valence-corrected chi connectivity index (χ3v) is 2.38. The van der Waals surface area contributed by atoms with Gasteiger partial charge in [0, 0.05) is 17.3 Å². The zero-order valence-electron chi connectivity index (χ0n) is 8.67. The molecule has 2 aromatic rings. The number of rotatable bonds is 2. The van der Waals surface area contributed by atoms with Crippen LogP contribution in [-0.2, 0) is 6.42 Å². The van der Waals surface area contributed by atoms with Crippen LogP contribution >= 0.6 is 0 Å². The third-order valence-electron chi connectivity index (χ3n) is 2.38. The van der Waals surface area contributed by atoms with Gasteiger partial charge in [0.2, 0.25) is 0 Å². The van der Waals surface area contributed by atoms with Crippen molar-refractivity contribution in [3.63, 3.8) is 0 Å². The number of nitrogens with two attached hydrogens (primary N) is 1. The summed E-state index contributed by atoms with van der Waals surface area (Å²) < 4.78 is 0. The van der Waals surface area contributed by atoms with Gasteiger partial charge in [-0.2, -0.15) is 0 Å². The summed E-state index contributed by atoms with van der Waals surface area (Å²) in [5.74, 6) is 0. The van der Waals surface area contributed by atoms with Crippen molar-refractivity contribution in [1.82, 2.24) is 4.98 Å². The Balaban J connectivity index is 2.40. The smallest absolute Gasteiger partial charge is 0.0458 e. The Kier molecular flexibility index (Phi) is 2.30. The van der Waals surface area contributed by atoms with Gasteiger partial charge in [-0.25, -0.2) is 0 Å². The Morgan fingerprint density at radius 3 is 2.86 bits per heavy atom. The molecule has 1 atom stereocenters. The van der Waals surface area contributed by atoms with Crippen LogP contribution in [0.15, 0.2) is 24.3 Å². The Hall–Kier alpha value is -1.28. The Morgan fingerprint density at radius 2 is 2.14 bits per heavy atom. The molecule has 0 bridgehead atoms. The fourth-order valence-electron chi connectivity index (χ4n) is 1.82. The number of aromatic amines is 1. The standard InChI is InChI=1S/C12H16N2/c1-8(13)5-10-3-4-11-6-9(2)14-12(11)7-10/h3-4,6-8,14H,5,13H2,1-2H3. The van der Waals surface area contributed by atoms with Crippen molar-refractivity contribution in [1.29, 1.82) is 0 Å². The van der Waals surface area contributed by atoms with Crippen molar-refractivity contribution in [2.75, 3.05) is 0 Å². The summed E-state index contributed by atoms with van der Waals surface area (Å²) in [6.45, 7) is 4.11. The van der Waals surface area contributed by atoms with E-state index in [-0.39, 0.29) is 6.04 Å². The summed E-state index contributed by atoms with van der Waals surface area (Å²) in [7, 11) is 0. The van der Waals surface area contributed by atoms with Crippen molar-refractivity contribution >= 4 is 10.9 Å². The van der Waals surface area contributed by atoms with Gasteiger partial charge >= 0.3 is 0 Å². The first-order valence-electron chi connectivity index (χ1n) is 4.99. The van der Waals surface area contributed by atoms with Crippen LogP contribution in [0.4, 0.5) is 0 Å². The number of fused-ring (bicyclic) bond motifs is 1. The molecule has 1 aromatic heterocycles. The van der Waals surface area contributed by atoms with Gasteiger partial charge in [-0.05, 0) is 43.4 Å². The number of benzene rings is 1. The maximum Gasteiger partial charge on any atom is 0.0458 e. The number of hydrogen-bond donors (Lipinski definition) is 2. The van der Waals surface area contributed by atoms with E-state index in [4.69, 9.17) is 5.73 Å². The molecule has 0 amide bonds. The van der Waals surface area contributed by atoms with Crippen LogP contribution in [0.25, 0.3) is 10.9 Å². The fraction of sp³-hybridized carbons (Fsp3) is 0.333. The molecular weight excluding hydrogens is 172 g/mol. The predicted molar refractivity (Wildman–Crippen MR) is 60.4 cm³/mol. The lowest BCUT2D eigenvalue weighted by Gasteiger charge is -2.04. The quantitative estimate of drug-likeness (QED) is 0.746. The highest BCUT2D eigenvalue weighted by molar-refractivity contribution is 5.81. The molecule has 1 unspecified atom stereocenters. The lowest BCUT2D eigenvalue weighted by Crippen LogP contribution is -2.17. The molecule has 0 radical (unpaired) electrons. The van der Waals surface area contributed by atoms with Gasteiger partial charge in [0.1, 0.15) is 0 Å². The molecule has 0 aliphatic rings. The summed E-state index contributed by atoms with van der Waals surface area (Å²) in [4.78, 5) is 3.33. The predicted octanol–water partition coefficient (Wildman–Crippen LogP) is 2.37. The van der Waals surface area contributed by atoms with Gasteiger partial charge < -0.3 is 10.7 Å². The molecule has 0 fully saturated rings. The van der Waals surface area contributed by atoms with Crippen molar-refractivity contribution in [3.05, 3.63) is 35.5 Å².